The summed E-state index contributed by atoms with van der Waals surface area (Å²) in [6.45, 7) is -0.230. The molecule has 0 amide bonds. The van der Waals surface area contributed by atoms with Gasteiger partial charge in [0.15, 0.2) is 0 Å². The van der Waals surface area contributed by atoms with Crippen LogP contribution >= 0.6 is 23.4 Å². The molecular formula is C10H10ClF3O2S. The molecular weight excluding hydrogens is 277 g/mol. The Morgan fingerprint density at radius 2 is 2.06 bits per heavy atom. The van der Waals surface area contributed by atoms with Gasteiger partial charge >= 0.3 is 5.51 Å². The van der Waals surface area contributed by atoms with Crippen LogP contribution in [-0.4, -0.2) is 23.0 Å². The predicted molar refractivity (Wildman–Crippen MR) is 61.4 cm³/mol. The molecule has 1 aromatic rings. The summed E-state index contributed by atoms with van der Waals surface area (Å²) in [5.41, 5.74) is -3.62. The number of hydrogen-bond acceptors (Lipinski definition) is 3. The van der Waals surface area contributed by atoms with Crippen LogP contribution in [0.4, 0.5) is 13.2 Å². The summed E-state index contributed by atoms with van der Waals surface area (Å²) in [5.74, 6) is 0.119. The molecule has 0 unspecified atom stereocenters. The number of ether oxygens (including phenoxy) is 1. The zero-order chi connectivity index (χ0) is 12.9. The van der Waals surface area contributed by atoms with Gasteiger partial charge in [-0.3, -0.25) is 0 Å². The Morgan fingerprint density at radius 3 is 2.59 bits per heavy atom. The van der Waals surface area contributed by atoms with E-state index in [1.165, 1.54) is 12.1 Å². The molecule has 0 aliphatic carbocycles. The standard InChI is InChI=1S/C10H10ClF3O2S/c11-8-5-7(6-15)1-2-9(8)16-3-4-17-10(12,13)14/h1-2,5,15H,3-4,6H2. The van der Waals surface area contributed by atoms with Crippen molar-refractivity contribution in [1.29, 1.82) is 0 Å². The van der Waals surface area contributed by atoms with Gasteiger partial charge in [-0.15, -0.1) is 0 Å². The van der Waals surface area contributed by atoms with Crippen LogP contribution in [0, 0.1) is 0 Å². The number of alkyl halides is 3. The van der Waals surface area contributed by atoms with E-state index in [9.17, 15) is 13.2 Å². The largest absolute Gasteiger partial charge is 0.491 e. The fourth-order valence-corrected chi connectivity index (χ4v) is 1.72. The maximum atomic E-state index is 11.8. The van der Waals surface area contributed by atoms with Crippen molar-refractivity contribution in [2.75, 3.05) is 12.4 Å². The quantitative estimate of drug-likeness (QED) is 0.841. The summed E-state index contributed by atoms with van der Waals surface area (Å²) in [5, 5.41) is 9.10. The van der Waals surface area contributed by atoms with Crippen molar-refractivity contribution in [1.82, 2.24) is 0 Å². The van der Waals surface area contributed by atoms with Gasteiger partial charge in [-0.25, -0.2) is 0 Å². The highest BCUT2D eigenvalue weighted by Gasteiger charge is 2.27. The fourth-order valence-electron chi connectivity index (χ4n) is 1.07. The van der Waals surface area contributed by atoms with E-state index in [1.54, 1.807) is 6.07 Å². The highest BCUT2D eigenvalue weighted by atomic mass is 35.5. The molecule has 0 atom stereocenters. The molecule has 96 valence electrons. The topological polar surface area (TPSA) is 29.5 Å². The molecule has 1 N–H and O–H groups in total. The highest BCUT2D eigenvalue weighted by molar-refractivity contribution is 8.00. The van der Waals surface area contributed by atoms with E-state index >= 15 is 0 Å². The van der Waals surface area contributed by atoms with Gasteiger partial charge in [0.25, 0.3) is 0 Å². The SMILES string of the molecule is OCc1ccc(OCCSC(F)(F)F)c(Cl)c1. The van der Waals surface area contributed by atoms with Crippen molar-refractivity contribution in [2.45, 2.75) is 12.1 Å². The monoisotopic (exact) mass is 286 g/mol. The van der Waals surface area contributed by atoms with Gasteiger partial charge in [0.2, 0.25) is 0 Å². The van der Waals surface area contributed by atoms with Crippen molar-refractivity contribution in [3.63, 3.8) is 0 Å². The number of hydrogen-bond donors (Lipinski definition) is 1. The van der Waals surface area contributed by atoms with E-state index in [4.69, 9.17) is 21.4 Å². The summed E-state index contributed by atoms with van der Waals surface area (Å²) in [6, 6.07) is 4.62. The average Bonchev–Trinajstić information content (AvgIpc) is 2.24. The van der Waals surface area contributed by atoms with E-state index < -0.39 is 5.51 Å². The first-order chi connectivity index (χ1) is 7.92. The first-order valence-corrected chi connectivity index (χ1v) is 6.01. The molecule has 0 saturated carbocycles. The summed E-state index contributed by atoms with van der Waals surface area (Å²) in [6.07, 6.45) is 0. The van der Waals surface area contributed by atoms with E-state index in [1.807, 2.05) is 0 Å². The normalized spacial score (nSPS) is 11.6. The van der Waals surface area contributed by atoms with Crippen LogP contribution in [0.3, 0.4) is 0 Å². The lowest BCUT2D eigenvalue weighted by Gasteiger charge is -2.09. The third-order valence-electron chi connectivity index (χ3n) is 1.79. The zero-order valence-corrected chi connectivity index (χ0v) is 10.2. The Bertz CT molecular complexity index is 371. The van der Waals surface area contributed by atoms with Crippen LogP contribution in [0.1, 0.15) is 5.56 Å². The van der Waals surface area contributed by atoms with Crippen molar-refractivity contribution < 1.29 is 23.0 Å². The molecule has 0 aliphatic heterocycles. The van der Waals surface area contributed by atoms with Gasteiger partial charge in [0, 0.05) is 5.75 Å². The first kappa shape index (κ1) is 14.5. The average molecular weight is 287 g/mol. The number of aliphatic hydroxyl groups excluding tert-OH is 1. The van der Waals surface area contributed by atoms with E-state index in [0.29, 0.717) is 11.3 Å². The number of thioether (sulfide) groups is 1. The summed E-state index contributed by atoms with van der Waals surface area (Å²) in [4.78, 5) is 0. The molecule has 0 spiro atoms. The van der Waals surface area contributed by atoms with Crippen molar-refractivity contribution >= 4 is 23.4 Å². The van der Waals surface area contributed by atoms with Crippen LogP contribution in [0.15, 0.2) is 18.2 Å². The van der Waals surface area contributed by atoms with Crippen LogP contribution in [0.5, 0.6) is 5.75 Å². The second-order valence-electron chi connectivity index (χ2n) is 3.07. The van der Waals surface area contributed by atoms with Crippen LogP contribution in [-0.2, 0) is 6.61 Å². The first-order valence-electron chi connectivity index (χ1n) is 4.65. The minimum atomic E-state index is -4.24. The van der Waals surface area contributed by atoms with Gasteiger partial charge in [-0.1, -0.05) is 17.7 Å². The van der Waals surface area contributed by atoms with Crippen molar-refractivity contribution in [3.05, 3.63) is 28.8 Å². The Balaban J connectivity index is 2.42. The molecule has 0 bridgehead atoms. The molecule has 0 aromatic heterocycles. The third kappa shape index (κ3) is 5.52. The van der Waals surface area contributed by atoms with E-state index in [2.05, 4.69) is 0 Å². The second kappa shape index (κ2) is 6.37. The molecule has 0 saturated heterocycles. The summed E-state index contributed by atoms with van der Waals surface area (Å²) < 4.78 is 40.5. The van der Waals surface area contributed by atoms with Crippen LogP contribution in [0.25, 0.3) is 0 Å². The lowest BCUT2D eigenvalue weighted by atomic mass is 10.2. The number of halogens is 4. The lowest BCUT2D eigenvalue weighted by Crippen LogP contribution is -2.07. The molecule has 0 heterocycles. The van der Waals surface area contributed by atoms with E-state index in [0.717, 1.165) is 0 Å². The highest BCUT2D eigenvalue weighted by Crippen LogP contribution is 2.30. The van der Waals surface area contributed by atoms with Crippen LogP contribution < -0.4 is 4.74 Å². The van der Waals surface area contributed by atoms with Gasteiger partial charge in [0.1, 0.15) is 5.75 Å². The van der Waals surface area contributed by atoms with Gasteiger partial charge in [0.05, 0.1) is 18.2 Å². The summed E-state index contributed by atoms with van der Waals surface area (Å²) >= 11 is 5.67. The Labute approximate surface area is 106 Å². The Morgan fingerprint density at radius 1 is 1.35 bits per heavy atom. The lowest BCUT2D eigenvalue weighted by molar-refractivity contribution is -0.0329. The van der Waals surface area contributed by atoms with Gasteiger partial charge in [-0.05, 0) is 29.5 Å². The third-order valence-corrected chi connectivity index (χ3v) is 2.78. The molecule has 1 aromatic carbocycles. The fraction of sp³-hybridized carbons (Fsp3) is 0.400. The maximum Gasteiger partial charge on any atom is 0.441 e. The summed E-state index contributed by atoms with van der Waals surface area (Å²) in [7, 11) is 0. The van der Waals surface area contributed by atoms with Gasteiger partial charge in [-0.2, -0.15) is 13.2 Å². The van der Waals surface area contributed by atoms with Crippen molar-refractivity contribution in [2.24, 2.45) is 0 Å². The number of aliphatic hydroxyl groups is 1. The molecule has 1 rings (SSSR count). The zero-order valence-electron chi connectivity index (χ0n) is 8.63. The number of rotatable bonds is 5. The molecule has 7 heteroatoms. The smallest absolute Gasteiger partial charge is 0.441 e. The Hall–Kier alpha value is -0.590. The molecule has 0 fully saturated rings. The minimum absolute atomic E-state index is 0.0810. The molecule has 0 radical (unpaired) electrons. The predicted octanol–water partition coefficient (Wildman–Crippen LogP) is 3.46. The van der Waals surface area contributed by atoms with Crippen molar-refractivity contribution in [3.8, 4) is 5.75 Å². The van der Waals surface area contributed by atoms with Gasteiger partial charge < -0.3 is 9.84 Å². The van der Waals surface area contributed by atoms with E-state index in [-0.39, 0.29) is 35.8 Å². The minimum Gasteiger partial charge on any atom is -0.491 e. The molecule has 0 aliphatic rings. The Kier molecular flexibility index (Phi) is 5.42. The molecule has 2 nitrogen and oxygen atoms in total. The number of benzene rings is 1. The second-order valence-corrected chi connectivity index (χ2v) is 4.63. The van der Waals surface area contributed by atoms with Crippen LogP contribution in [0.2, 0.25) is 5.02 Å². The molecule has 17 heavy (non-hydrogen) atoms. The maximum absolute atomic E-state index is 11.8.